The van der Waals surface area contributed by atoms with Crippen LogP contribution in [0, 0.1) is 10.5 Å². The minimum absolute atomic E-state index is 0.0745. The molecule has 39 heavy (non-hydrogen) atoms. The third-order valence-electron chi connectivity index (χ3n) is 6.60. The van der Waals surface area contributed by atoms with Gasteiger partial charge in [0, 0.05) is 31.5 Å². The average molecular weight is 653 g/mol. The molecule has 4 N–H and O–H groups in total. The predicted octanol–water partition coefficient (Wildman–Crippen LogP) is 2.84. The van der Waals surface area contributed by atoms with Crippen LogP contribution in [0.5, 0.6) is 11.5 Å². The molecule has 2 amide bonds. The van der Waals surface area contributed by atoms with Crippen LogP contribution < -0.4 is 14.8 Å². The van der Waals surface area contributed by atoms with E-state index >= 15 is 0 Å². The summed E-state index contributed by atoms with van der Waals surface area (Å²) >= 11 is 2.07. The monoisotopic (exact) mass is 652 g/mol. The van der Waals surface area contributed by atoms with Crippen molar-refractivity contribution in [2.24, 2.45) is 0 Å². The van der Waals surface area contributed by atoms with E-state index in [9.17, 15) is 24.9 Å². The summed E-state index contributed by atoms with van der Waals surface area (Å²) in [6.07, 6.45) is 0.498. The van der Waals surface area contributed by atoms with Crippen LogP contribution in [0.2, 0.25) is 0 Å². The van der Waals surface area contributed by atoms with Crippen molar-refractivity contribution in [3.8, 4) is 11.5 Å². The van der Waals surface area contributed by atoms with Crippen molar-refractivity contribution in [1.29, 1.82) is 0 Å². The first-order valence-electron chi connectivity index (χ1n) is 13.0. The zero-order chi connectivity index (χ0) is 28.5. The van der Waals surface area contributed by atoms with Gasteiger partial charge in [-0.1, -0.05) is 36.8 Å². The number of methoxy groups -OCH3 is 1. The molecule has 0 aliphatic heterocycles. The lowest BCUT2D eigenvalue weighted by Gasteiger charge is -2.41. The van der Waals surface area contributed by atoms with Crippen molar-refractivity contribution in [2.75, 3.05) is 20.3 Å². The maximum atomic E-state index is 13.4. The molecule has 3 atom stereocenters. The van der Waals surface area contributed by atoms with Gasteiger partial charge in [0.05, 0.1) is 29.9 Å². The molecule has 2 aromatic carbocycles. The van der Waals surface area contributed by atoms with Crippen molar-refractivity contribution < 1.29 is 34.4 Å². The second-order valence-electron chi connectivity index (χ2n) is 9.54. The Hall–Kier alpha value is -2.67. The highest BCUT2D eigenvalue weighted by molar-refractivity contribution is 14.1. The number of aliphatic hydroxyl groups excluding tert-OH is 3. The highest BCUT2D eigenvalue weighted by Crippen LogP contribution is 2.37. The van der Waals surface area contributed by atoms with Gasteiger partial charge in [-0.3, -0.25) is 9.59 Å². The van der Waals surface area contributed by atoms with E-state index in [2.05, 4.69) is 27.9 Å². The zero-order valence-corrected chi connectivity index (χ0v) is 24.7. The van der Waals surface area contributed by atoms with E-state index in [4.69, 9.17) is 9.47 Å². The van der Waals surface area contributed by atoms with E-state index in [0.29, 0.717) is 39.0 Å². The maximum absolute atomic E-state index is 13.4. The van der Waals surface area contributed by atoms with Gasteiger partial charge in [-0.15, -0.1) is 0 Å². The highest BCUT2D eigenvalue weighted by Gasteiger charge is 2.40. The fourth-order valence-corrected chi connectivity index (χ4v) is 5.33. The van der Waals surface area contributed by atoms with E-state index in [1.807, 2.05) is 38.1 Å². The number of hydrogen-bond acceptors (Lipinski definition) is 7. The molecule has 0 spiro atoms. The highest BCUT2D eigenvalue weighted by atomic mass is 127. The van der Waals surface area contributed by atoms with E-state index < -0.39 is 24.2 Å². The van der Waals surface area contributed by atoms with Crippen LogP contribution in [0.4, 0.5) is 0 Å². The van der Waals surface area contributed by atoms with Crippen LogP contribution in [0.25, 0.3) is 0 Å². The van der Waals surface area contributed by atoms with Gasteiger partial charge in [0.25, 0.3) is 0 Å². The third kappa shape index (κ3) is 7.93. The largest absolute Gasteiger partial charge is 0.493 e. The molecule has 1 aliphatic rings. The summed E-state index contributed by atoms with van der Waals surface area (Å²) in [5.74, 6) is 0.206. The number of carbonyl (C=O) groups is 2. The molecule has 1 aliphatic carbocycles. The Labute approximate surface area is 243 Å². The van der Waals surface area contributed by atoms with Crippen molar-refractivity contribution in [3.05, 3.63) is 68.3 Å². The molecule has 2 aromatic rings. The summed E-state index contributed by atoms with van der Waals surface area (Å²) in [6, 6.07) is 10.5. The number of benzene rings is 2. The molecule has 212 valence electrons. The van der Waals surface area contributed by atoms with Gasteiger partial charge < -0.3 is 35.0 Å². The van der Waals surface area contributed by atoms with Crippen LogP contribution in [-0.2, 0) is 22.7 Å². The fourth-order valence-electron chi connectivity index (χ4n) is 4.53. The van der Waals surface area contributed by atoms with E-state index in [1.54, 1.807) is 23.1 Å². The van der Waals surface area contributed by atoms with Crippen LogP contribution in [-0.4, -0.2) is 70.5 Å². The number of halogens is 1. The Balaban J connectivity index is 2.02. The summed E-state index contributed by atoms with van der Waals surface area (Å²) in [5, 5.41) is 33.1. The first kappa shape index (κ1) is 30.9. The van der Waals surface area contributed by atoms with Crippen LogP contribution in [0.1, 0.15) is 42.9 Å². The fraction of sp³-hybridized carbons (Fsp3) is 0.448. The lowest BCUT2D eigenvalue weighted by molar-refractivity contribution is -0.139. The van der Waals surface area contributed by atoms with E-state index in [1.165, 1.54) is 7.11 Å². The molecular formula is C29H37IN2O7. The SMILES string of the molecule is CCCC(=O)N(Cc1ccc(C)cc1)C1CC(C(=O)NCCO)=CC(Oc2c(I)cc(CO)cc2OC)C1O. The minimum Gasteiger partial charge on any atom is -0.493 e. The molecule has 0 saturated heterocycles. The zero-order valence-electron chi connectivity index (χ0n) is 22.5. The normalized spacial score (nSPS) is 18.7. The van der Waals surface area contributed by atoms with Crippen molar-refractivity contribution in [1.82, 2.24) is 10.2 Å². The number of ether oxygens (including phenoxy) is 2. The lowest BCUT2D eigenvalue weighted by atomic mass is 9.87. The van der Waals surface area contributed by atoms with Crippen molar-refractivity contribution in [3.63, 3.8) is 0 Å². The number of nitrogens with zero attached hydrogens (tertiary/aromatic N) is 1. The summed E-state index contributed by atoms with van der Waals surface area (Å²) in [4.78, 5) is 28.0. The van der Waals surface area contributed by atoms with Crippen LogP contribution >= 0.6 is 22.6 Å². The predicted molar refractivity (Wildman–Crippen MR) is 155 cm³/mol. The number of amides is 2. The number of hydrogen-bond donors (Lipinski definition) is 4. The summed E-state index contributed by atoms with van der Waals surface area (Å²) in [6.45, 7) is 3.86. The second-order valence-corrected chi connectivity index (χ2v) is 10.7. The van der Waals surface area contributed by atoms with Gasteiger partial charge in [0.1, 0.15) is 12.2 Å². The van der Waals surface area contributed by atoms with Crippen molar-refractivity contribution >= 4 is 34.4 Å². The smallest absolute Gasteiger partial charge is 0.247 e. The van der Waals surface area contributed by atoms with Gasteiger partial charge in [-0.05, 0) is 65.3 Å². The molecule has 9 nitrogen and oxygen atoms in total. The summed E-state index contributed by atoms with van der Waals surface area (Å²) in [7, 11) is 1.48. The van der Waals surface area contributed by atoms with Gasteiger partial charge in [0.15, 0.2) is 11.5 Å². The Bertz CT molecular complexity index is 1170. The number of aryl methyl sites for hydroxylation is 1. The molecule has 3 rings (SSSR count). The Morgan fingerprint density at radius 2 is 1.87 bits per heavy atom. The van der Waals surface area contributed by atoms with Gasteiger partial charge >= 0.3 is 0 Å². The molecule has 0 bridgehead atoms. The number of carbonyl (C=O) groups excluding carboxylic acids is 2. The molecule has 0 heterocycles. The number of rotatable bonds is 12. The molecule has 10 heteroatoms. The van der Waals surface area contributed by atoms with Gasteiger partial charge in [-0.25, -0.2) is 0 Å². The number of nitrogens with one attached hydrogen (secondary N) is 1. The molecule has 0 radical (unpaired) electrons. The van der Waals surface area contributed by atoms with E-state index in [0.717, 1.165) is 11.1 Å². The van der Waals surface area contributed by atoms with Crippen LogP contribution in [0.15, 0.2) is 48.0 Å². The quantitative estimate of drug-likeness (QED) is 0.260. The topological polar surface area (TPSA) is 129 Å². The Kier molecular flexibility index (Phi) is 11.6. The van der Waals surface area contributed by atoms with Crippen molar-refractivity contribution in [2.45, 2.75) is 64.5 Å². The first-order chi connectivity index (χ1) is 18.7. The number of aliphatic hydroxyl groups is 3. The maximum Gasteiger partial charge on any atom is 0.247 e. The lowest BCUT2D eigenvalue weighted by Crippen LogP contribution is -2.54. The van der Waals surface area contributed by atoms with Gasteiger partial charge in [-0.2, -0.15) is 0 Å². The minimum atomic E-state index is -1.15. The van der Waals surface area contributed by atoms with Crippen LogP contribution in [0.3, 0.4) is 0 Å². The summed E-state index contributed by atoms with van der Waals surface area (Å²) in [5.41, 5.74) is 2.99. The van der Waals surface area contributed by atoms with E-state index in [-0.39, 0.29) is 38.6 Å². The molecular weight excluding hydrogens is 615 g/mol. The standard InChI is InChI=1S/C29H37IN2O7/c1-4-5-26(35)32(16-19-8-6-18(2)7-9-19)23-14-21(29(37)31-10-11-33)15-24(27(23)36)39-28-22(30)12-20(17-34)13-25(28)38-3/h6-9,12-13,15,23-24,27,33-34,36H,4-5,10-11,14,16-17H2,1-3H3,(H,31,37). The van der Waals surface area contributed by atoms with Gasteiger partial charge in [0.2, 0.25) is 11.8 Å². The molecule has 3 unspecified atom stereocenters. The molecule has 0 saturated carbocycles. The second kappa shape index (κ2) is 14.6. The Morgan fingerprint density at radius 1 is 1.15 bits per heavy atom. The summed E-state index contributed by atoms with van der Waals surface area (Å²) < 4.78 is 12.4. The molecule has 0 aromatic heterocycles. The third-order valence-corrected chi connectivity index (χ3v) is 7.40. The Morgan fingerprint density at radius 3 is 2.49 bits per heavy atom. The first-order valence-corrected chi connectivity index (χ1v) is 14.1. The molecule has 0 fully saturated rings. The average Bonchev–Trinajstić information content (AvgIpc) is 2.93.